The number of benzene rings is 2. The molecule has 0 aliphatic rings. The molecule has 0 atom stereocenters. The summed E-state index contributed by atoms with van der Waals surface area (Å²) in [6.45, 7) is 2.29. The Bertz CT molecular complexity index is 989. The highest BCUT2D eigenvalue weighted by Crippen LogP contribution is 2.23. The molecule has 0 aromatic heterocycles. The standard InChI is InChI=1S/C20H24N2O7S/c1-14-12-17(8-9-18(14)29-11-10-27-2)30(25,26)22-16-6-4-15(5-7-16)20(24)21-13-19(23)28-3/h4-9,12,22H,10-11,13H2,1-3H3,(H,21,24). The highest BCUT2D eigenvalue weighted by atomic mass is 32.2. The van der Waals surface area contributed by atoms with Crippen molar-refractivity contribution in [3.63, 3.8) is 0 Å². The number of methoxy groups -OCH3 is 2. The van der Waals surface area contributed by atoms with Gasteiger partial charge in [0.25, 0.3) is 15.9 Å². The Labute approximate surface area is 175 Å². The van der Waals surface area contributed by atoms with E-state index >= 15 is 0 Å². The van der Waals surface area contributed by atoms with Gasteiger partial charge in [0.2, 0.25) is 0 Å². The minimum atomic E-state index is -3.83. The highest BCUT2D eigenvalue weighted by molar-refractivity contribution is 7.92. The molecule has 0 aliphatic carbocycles. The molecule has 0 fully saturated rings. The molecule has 0 aliphatic heterocycles. The molecule has 2 rings (SSSR count). The van der Waals surface area contributed by atoms with E-state index in [1.54, 1.807) is 20.1 Å². The molecule has 10 heteroatoms. The van der Waals surface area contributed by atoms with Gasteiger partial charge in [-0.1, -0.05) is 0 Å². The van der Waals surface area contributed by atoms with Crippen LogP contribution in [-0.2, 0) is 24.3 Å². The third kappa shape index (κ3) is 6.46. The van der Waals surface area contributed by atoms with Gasteiger partial charge >= 0.3 is 5.97 Å². The van der Waals surface area contributed by atoms with Gasteiger partial charge in [-0.3, -0.25) is 14.3 Å². The Morgan fingerprint density at radius 3 is 2.30 bits per heavy atom. The van der Waals surface area contributed by atoms with Crippen LogP contribution in [0.5, 0.6) is 5.75 Å². The van der Waals surface area contributed by atoms with Crippen LogP contribution in [0.25, 0.3) is 0 Å². The lowest BCUT2D eigenvalue weighted by molar-refractivity contribution is -0.139. The molecule has 2 N–H and O–H groups in total. The van der Waals surface area contributed by atoms with Crippen molar-refractivity contribution in [1.29, 1.82) is 0 Å². The van der Waals surface area contributed by atoms with Crippen LogP contribution in [0.2, 0.25) is 0 Å². The van der Waals surface area contributed by atoms with Gasteiger partial charge in [0.15, 0.2) is 0 Å². The number of rotatable bonds is 10. The molecule has 9 nitrogen and oxygen atoms in total. The quantitative estimate of drug-likeness (QED) is 0.430. The molecule has 1 amide bonds. The minimum Gasteiger partial charge on any atom is -0.491 e. The van der Waals surface area contributed by atoms with Crippen molar-refractivity contribution < 1.29 is 32.2 Å². The third-order valence-electron chi connectivity index (χ3n) is 4.02. The number of esters is 1. The van der Waals surface area contributed by atoms with Gasteiger partial charge in [0.05, 0.1) is 18.6 Å². The molecular formula is C20H24N2O7S. The Morgan fingerprint density at radius 2 is 1.70 bits per heavy atom. The van der Waals surface area contributed by atoms with E-state index in [4.69, 9.17) is 9.47 Å². The summed E-state index contributed by atoms with van der Waals surface area (Å²) in [5, 5.41) is 2.40. The zero-order valence-corrected chi connectivity index (χ0v) is 17.7. The Balaban J connectivity index is 2.05. The van der Waals surface area contributed by atoms with Crippen molar-refractivity contribution in [3.8, 4) is 5.75 Å². The largest absolute Gasteiger partial charge is 0.491 e. The number of aryl methyl sites for hydroxylation is 1. The molecule has 0 radical (unpaired) electrons. The molecule has 0 heterocycles. The van der Waals surface area contributed by atoms with Crippen LogP contribution in [0.4, 0.5) is 5.69 Å². The first kappa shape index (κ1) is 23.2. The first-order valence-electron chi connectivity index (χ1n) is 8.97. The van der Waals surface area contributed by atoms with Gasteiger partial charge in [0.1, 0.15) is 18.9 Å². The van der Waals surface area contributed by atoms with Crippen molar-refractivity contribution >= 4 is 27.6 Å². The molecule has 2 aromatic rings. The van der Waals surface area contributed by atoms with E-state index in [0.717, 1.165) is 0 Å². The number of carbonyl (C=O) groups is 2. The fourth-order valence-corrected chi connectivity index (χ4v) is 3.56. The van der Waals surface area contributed by atoms with E-state index < -0.39 is 21.9 Å². The maximum Gasteiger partial charge on any atom is 0.325 e. The van der Waals surface area contributed by atoms with Crippen LogP contribution in [-0.4, -0.2) is 54.3 Å². The monoisotopic (exact) mass is 436 g/mol. The molecule has 162 valence electrons. The van der Waals surface area contributed by atoms with Crippen molar-refractivity contribution in [2.24, 2.45) is 0 Å². The average Bonchev–Trinajstić information content (AvgIpc) is 2.73. The summed E-state index contributed by atoms with van der Waals surface area (Å²) in [6, 6.07) is 10.4. The van der Waals surface area contributed by atoms with Crippen molar-refractivity contribution in [1.82, 2.24) is 5.32 Å². The fraction of sp³-hybridized carbons (Fsp3) is 0.300. The van der Waals surface area contributed by atoms with Crippen LogP contribution in [0.15, 0.2) is 47.4 Å². The van der Waals surface area contributed by atoms with Gasteiger partial charge in [-0.2, -0.15) is 0 Å². The van der Waals surface area contributed by atoms with Crippen LogP contribution in [0.3, 0.4) is 0 Å². The maximum absolute atomic E-state index is 12.7. The van der Waals surface area contributed by atoms with Gasteiger partial charge in [-0.25, -0.2) is 8.42 Å². The number of hydrogen-bond donors (Lipinski definition) is 2. The van der Waals surface area contributed by atoms with Crippen molar-refractivity contribution in [2.45, 2.75) is 11.8 Å². The minimum absolute atomic E-state index is 0.0824. The SMILES string of the molecule is COCCOc1ccc(S(=O)(=O)Nc2ccc(C(=O)NCC(=O)OC)cc2)cc1C. The second kappa shape index (κ2) is 10.6. The summed E-state index contributed by atoms with van der Waals surface area (Å²) >= 11 is 0. The fourth-order valence-electron chi connectivity index (χ4n) is 2.42. The van der Waals surface area contributed by atoms with Gasteiger partial charge in [-0.15, -0.1) is 0 Å². The first-order valence-corrected chi connectivity index (χ1v) is 10.5. The molecule has 0 spiro atoms. The summed E-state index contributed by atoms with van der Waals surface area (Å²) in [4.78, 5) is 23.1. The van der Waals surface area contributed by atoms with Crippen LogP contribution < -0.4 is 14.8 Å². The Hall–Kier alpha value is -3.11. The number of hydrogen-bond acceptors (Lipinski definition) is 7. The second-order valence-corrected chi connectivity index (χ2v) is 7.89. The number of amides is 1. The Kier molecular flexibility index (Phi) is 8.19. The molecule has 0 unspecified atom stereocenters. The topological polar surface area (TPSA) is 120 Å². The van der Waals surface area contributed by atoms with Gasteiger partial charge in [0, 0.05) is 18.4 Å². The van der Waals surface area contributed by atoms with Crippen LogP contribution in [0, 0.1) is 6.92 Å². The van der Waals surface area contributed by atoms with Crippen LogP contribution in [0.1, 0.15) is 15.9 Å². The number of ether oxygens (including phenoxy) is 3. The van der Waals surface area contributed by atoms with E-state index in [9.17, 15) is 18.0 Å². The average molecular weight is 436 g/mol. The smallest absolute Gasteiger partial charge is 0.325 e. The van der Waals surface area contributed by atoms with E-state index in [0.29, 0.717) is 24.5 Å². The summed E-state index contributed by atoms with van der Waals surface area (Å²) in [6.07, 6.45) is 0. The molecule has 0 saturated carbocycles. The van der Waals surface area contributed by atoms with Crippen molar-refractivity contribution in [2.75, 3.05) is 38.7 Å². The van der Waals surface area contributed by atoms with Crippen LogP contribution >= 0.6 is 0 Å². The van der Waals surface area contributed by atoms with Gasteiger partial charge in [-0.05, 0) is 55.0 Å². The first-order chi connectivity index (χ1) is 14.3. The summed E-state index contributed by atoms with van der Waals surface area (Å²) < 4.78 is 42.7. The lowest BCUT2D eigenvalue weighted by Gasteiger charge is -2.12. The molecule has 30 heavy (non-hydrogen) atoms. The molecule has 0 bridgehead atoms. The normalized spacial score (nSPS) is 10.9. The zero-order valence-electron chi connectivity index (χ0n) is 16.9. The number of anilines is 1. The summed E-state index contributed by atoms with van der Waals surface area (Å²) in [5.41, 5.74) is 1.24. The maximum atomic E-state index is 12.7. The molecular weight excluding hydrogens is 412 g/mol. The predicted molar refractivity (Wildman–Crippen MR) is 110 cm³/mol. The second-order valence-electron chi connectivity index (χ2n) is 6.21. The lowest BCUT2D eigenvalue weighted by Crippen LogP contribution is -2.30. The number of nitrogens with one attached hydrogen (secondary N) is 2. The van der Waals surface area contributed by atoms with E-state index in [1.807, 2.05) is 0 Å². The molecule has 0 saturated heterocycles. The molecule has 2 aromatic carbocycles. The zero-order chi connectivity index (χ0) is 22.1. The summed E-state index contributed by atoms with van der Waals surface area (Å²) in [5.74, 6) is -0.471. The number of sulfonamides is 1. The van der Waals surface area contributed by atoms with E-state index in [1.165, 1.54) is 43.5 Å². The highest BCUT2D eigenvalue weighted by Gasteiger charge is 2.16. The lowest BCUT2D eigenvalue weighted by atomic mass is 10.2. The van der Waals surface area contributed by atoms with Crippen molar-refractivity contribution in [3.05, 3.63) is 53.6 Å². The Morgan fingerprint density at radius 1 is 1.00 bits per heavy atom. The van der Waals surface area contributed by atoms with Gasteiger partial charge < -0.3 is 19.5 Å². The van der Waals surface area contributed by atoms with E-state index in [2.05, 4.69) is 14.8 Å². The van der Waals surface area contributed by atoms with E-state index in [-0.39, 0.29) is 22.7 Å². The predicted octanol–water partition coefficient (Wildman–Crippen LogP) is 1.72. The summed E-state index contributed by atoms with van der Waals surface area (Å²) in [7, 11) is -1.04. The third-order valence-corrected chi connectivity index (χ3v) is 5.40. The number of carbonyl (C=O) groups excluding carboxylic acids is 2.